The second-order valence-electron chi connectivity index (χ2n) is 8.13. The molecule has 0 spiro atoms. The molecule has 144 valence electrons. The molecule has 3 unspecified atom stereocenters. The van der Waals surface area contributed by atoms with Crippen LogP contribution in [0.2, 0.25) is 0 Å². The van der Waals surface area contributed by atoms with Gasteiger partial charge in [-0.25, -0.2) is 0 Å². The summed E-state index contributed by atoms with van der Waals surface area (Å²) >= 11 is 0. The molecule has 1 fully saturated rings. The van der Waals surface area contributed by atoms with Crippen LogP contribution in [0.3, 0.4) is 0 Å². The standard InChI is InChI=1S/C25H26O3/c1-4-17-6-5-7-20-19(17)12-13-23-24(20)22(14-28-23)21(11-9-16(3)26)25(27)18-10-8-15(18)2/h4-7,12-15,18,21H,1,8-11H2,2-3H3. The molecule has 1 aromatic heterocycles. The highest BCUT2D eigenvalue weighted by Gasteiger charge is 2.38. The van der Waals surface area contributed by atoms with E-state index in [1.165, 1.54) is 0 Å². The Morgan fingerprint density at radius 1 is 1.21 bits per heavy atom. The third kappa shape index (κ3) is 3.09. The molecule has 1 aliphatic rings. The van der Waals surface area contributed by atoms with Crippen molar-refractivity contribution in [1.82, 2.24) is 0 Å². The van der Waals surface area contributed by atoms with Crippen molar-refractivity contribution < 1.29 is 14.0 Å². The SMILES string of the molecule is C=Cc1cccc2c1ccc1occ(C(CCC(C)=O)C(=O)C3CCC3C)c12. The van der Waals surface area contributed by atoms with E-state index in [-0.39, 0.29) is 23.4 Å². The minimum absolute atomic E-state index is 0.0978. The first kappa shape index (κ1) is 18.7. The molecule has 0 radical (unpaired) electrons. The lowest BCUT2D eigenvalue weighted by atomic mass is 9.68. The molecule has 0 aliphatic heterocycles. The number of furan rings is 1. The van der Waals surface area contributed by atoms with Crippen molar-refractivity contribution in [2.75, 3.05) is 0 Å². The Labute approximate surface area is 165 Å². The van der Waals surface area contributed by atoms with Crippen LogP contribution in [0, 0.1) is 11.8 Å². The molecule has 1 saturated carbocycles. The molecule has 3 heteroatoms. The van der Waals surface area contributed by atoms with Crippen molar-refractivity contribution in [2.24, 2.45) is 11.8 Å². The summed E-state index contributed by atoms with van der Waals surface area (Å²) in [7, 11) is 0. The van der Waals surface area contributed by atoms with Gasteiger partial charge < -0.3 is 9.21 Å². The second-order valence-corrected chi connectivity index (χ2v) is 8.13. The van der Waals surface area contributed by atoms with E-state index in [1.54, 1.807) is 13.2 Å². The summed E-state index contributed by atoms with van der Waals surface area (Å²) in [5, 5.41) is 3.17. The van der Waals surface area contributed by atoms with Gasteiger partial charge in [-0.15, -0.1) is 0 Å². The van der Waals surface area contributed by atoms with Gasteiger partial charge in [0.05, 0.1) is 6.26 Å². The smallest absolute Gasteiger partial charge is 0.143 e. The van der Waals surface area contributed by atoms with E-state index in [4.69, 9.17) is 4.42 Å². The Morgan fingerprint density at radius 2 is 2.04 bits per heavy atom. The van der Waals surface area contributed by atoms with E-state index in [2.05, 4.69) is 19.6 Å². The number of rotatable bonds is 7. The van der Waals surface area contributed by atoms with Gasteiger partial charge in [0.25, 0.3) is 0 Å². The van der Waals surface area contributed by atoms with E-state index >= 15 is 0 Å². The highest BCUT2D eigenvalue weighted by molar-refractivity contribution is 6.11. The lowest BCUT2D eigenvalue weighted by molar-refractivity contribution is -0.129. The monoisotopic (exact) mass is 374 g/mol. The molecule has 28 heavy (non-hydrogen) atoms. The molecule has 3 atom stereocenters. The zero-order valence-corrected chi connectivity index (χ0v) is 16.5. The molecule has 1 aliphatic carbocycles. The normalized spacial score (nSPS) is 20.1. The van der Waals surface area contributed by atoms with Crippen LogP contribution in [0.15, 0.2) is 47.6 Å². The van der Waals surface area contributed by atoms with E-state index in [0.717, 1.165) is 45.7 Å². The summed E-state index contributed by atoms with van der Waals surface area (Å²) in [6.07, 6.45) is 6.59. The molecular weight excluding hydrogens is 348 g/mol. The zero-order valence-electron chi connectivity index (χ0n) is 16.5. The van der Waals surface area contributed by atoms with Crippen LogP contribution in [-0.4, -0.2) is 11.6 Å². The maximum atomic E-state index is 13.4. The van der Waals surface area contributed by atoms with E-state index in [0.29, 0.717) is 18.8 Å². The van der Waals surface area contributed by atoms with Gasteiger partial charge in [-0.1, -0.05) is 43.8 Å². The molecule has 4 rings (SSSR count). The zero-order chi connectivity index (χ0) is 19.8. The number of Topliss-reactive ketones (excluding diaryl/α,β-unsaturated/α-hetero) is 2. The predicted molar refractivity (Wildman–Crippen MR) is 113 cm³/mol. The second kappa shape index (κ2) is 7.38. The predicted octanol–water partition coefficient (Wildman–Crippen LogP) is 6.30. The molecule has 1 heterocycles. The maximum Gasteiger partial charge on any atom is 0.143 e. The average Bonchev–Trinajstić information content (AvgIpc) is 3.10. The highest BCUT2D eigenvalue weighted by Crippen LogP contribution is 2.43. The summed E-state index contributed by atoms with van der Waals surface area (Å²) in [5.41, 5.74) is 2.77. The van der Waals surface area contributed by atoms with E-state index in [1.807, 2.05) is 30.3 Å². The van der Waals surface area contributed by atoms with Crippen LogP contribution in [0.5, 0.6) is 0 Å². The lowest BCUT2D eigenvalue weighted by Gasteiger charge is -2.35. The van der Waals surface area contributed by atoms with Gasteiger partial charge in [-0.05, 0) is 54.5 Å². The summed E-state index contributed by atoms with van der Waals surface area (Å²) in [4.78, 5) is 25.1. The molecule has 2 aromatic carbocycles. The van der Waals surface area contributed by atoms with Gasteiger partial charge in [0, 0.05) is 29.2 Å². The topological polar surface area (TPSA) is 47.3 Å². The average molecular weight is 374 g/mol. The maximum absolute atomic E-state index is 13.4. The van der Waals surface area contributed by atoms with Crippen molar-refractivity contribution >= 4 is 39.4 Å². The molecule has 0 bridgehead atoms. The molecular formula is C25H26O3. The number of carbonyl (C=O) groups is 2. The van der Waals surface area contributed by atoms with Crippen LogP contribution in [0.4, 0.5) is 0 Å². The van der Waals surface area contributed by atoms with Gasteiger partial charge in [-0.3, -0.25) is 4.79 Å². The fraction of sp³-hybridized carbons (Fsp3) is 0.360. The fourth-order valence-corrected chi connectivity index (χ4v) is 4.52. The summed E-state index contributed by atoms with van der Waals surface area (Å²) in [6.45, 7) is 7.65. The third-order valence-corrected chi connectivity index (χ3v) is 6.37. The van der Waals surface area contributed by atoms with Crippen LogP contribution in [0.1, 0.15) is 56.6 Å². The third-order valence-electron chi connectivity index (χ3n) is 6.37. The van der Waals surface area contributed by atoms with E-state index in [9.17, 15) is 9.59 Å². The Kier molecular flexibility index (Phi) is 4.92. The molecule has 3 nitrogen and oxygen atoms in total. The molecule has 0 amide bonds. The van der Waals surface area contributed by atoms with Crippen molar-refractivity contribution in [3.05, 3.63) is 54.3 Å². The van der Waals surface area contributed by atoms with Gasteiger partial charge in [-0.2, -0.15) is 0 Å². The number of hydrogen-bond donors (Lipinski definition) is 0. The van der Waals surface area contributed by atoms with Gasteiger partial charge in [0.1, 0.15) is 17.1 Å². The van der Waals surface area contributed by atoms with Crippen LogP contribution in [-0.2, 0) is 9.59 Å². The Bertz CT molecular complexity index is 1070. The van der Waals surface area contributed by atoms with Gasteiger partial charge in [0.2, 0.25) is 0 Å². The highest BCUT2D eigenvalue weighted by atomic mass is 16.3. The Balaban J connectivity index is 1.87. The van der Waals surface area contributed by atoms with Crippen molar-refractivity contribution in [3.63, 3.8) is 0 Å². The first-order chi connectivity index (χ1) is 13.5. The number of benzene rings is 2. The number of carbonyl (C=O) groups excluding carboxylic acids is 2. The van der Waals surface area contributed by atoms with Crippen molar-refractivity contribution in [3.8, 4) is 0 Å². The van der Waals surface area contributed by atoms with Crippen molar-refractivity contribution in [1.29, 1.82) is 0 Å². The van der Waals surface area contributed by atoms with Crippen molar-refractivity contribution in [2.45, 2.75) is 45.4 Å². The molecule has 0 saturated heterocycles. The molecule has 0 N–H and O–H groups in total. The van der Waals surface area contributed by atoms with Gasteiger partial charge in [0.15, 0.2) is 0 Å². The Morgan fingerprint density at radius 3 is 2.68 bits per heavy atom. The number of ketones is 2. The van der Waals surface area contributed by atoms with Crippen LogP contribution in [0.25, 0.3) is 27.8 Å². The number of hydrogen-bond acceptors (Lipinski definition) is 3. The first-order valence-electron chi connectivity index (χ1n) is 10.1. The van der Waals surface area contributed by atoms with E-state index < -0.39 is 0 Å². The first-order valence-corrected chi connectivity index (χ1v) is 10.1. The number of fused-ring (bicyclic) bond motifs is 3. The van der Waals surface area contributed by atoms with Crippen LogP contribution >= 0.6 is 0 Å². The quantitative estimate of drug-likeness (QED) is 0.488. The van der Waals surface area contributed by atoms with Gasteiger partial charge >= 0.3 is 0 Å². The fourth-order valence-electron chi connectivity index (χ4n) is 4.52. The Hall–Kier alpha value is -2.68. The molecule has 3 aromatic rings. The minimum Gasteiger partial charge on any atom is -0.464 e. The van der Waals surface area contributed by atoms with Crippen LogP contribution < -0.4 is 0 Å². The summed E-state index contributed by atoms with van der Waals surface area (Å²) in [6, 6.07) is 10.1. The summed E-state index contributed by atoms with van der Waals surface area (Å²) in [5.74, 6) is 0.608. The summed E-state index contributed by atoms with van der Waals surface area (Å²) < 4.78 is 5.86. The minimum atomic E-state index is -0.295. The lowest BCUT2D eigenvalue weighted by Crippen LogP contribution is -2.34. The largest absolute Gasteiger partial charge is 0.464 e.